The number of nitrogens with two attached hydrogens (primary N) is 1. The average molecular weight is 272 g/mol. The van der Waals surface area contributed by atoms with Gasteiger partial charge >= 0.3 is 0 Å². The van der Waals surface area contributed by atoms with Crippen LogP contribution in [-0.4, -0.2) is 52.9 Å². The van der Waals surface area contributed by atoms with Crippen molar-refractivity contribution in [1.82, 2.24) is 4.90 Å². The lowest BCUT2D eigenvalue weighted by Crippen LogP contribution is -2.55. The molecule has 2 aliphatic rings. The van der Waals surface area contributed by atoms with Crippen LogP contribution in [0.5, 0.6) is 0 Å². The van der Waals surface area contributed by atoms with E-state index in [9.17, 15) is 0 Å². The molecule has 0 radical (unpaired) electrons. The lowest BCUT2D eigenvalue weighted by atomic mass is 9.92. The lowest BCUT2D eigenvalue weighted by molar-refractivity contribution is -0.0922. The fourth-order valence-electron chi connectivity index (χ4n) is 3.23. The zero-order chi connectivity index (χ0) is 13.6. The van der Waals surface area contributed by atoms with Crippen molar-refractivity contribution >= 4 is 17.2 Å². The van der Waals surface area contributed by atoms with E-state index in [1.807, 2.05) is 0 Å². The average Bonchev–Trinajstić information content (AvgIpc) is 2.47. The number of thiocarbonyl (C=S) groups is 1. The lowest BCUT2D eigenvalue weighted by Gasteiger charge is -2.40. The van der Waals surface area contributed by atoms with Gasteiger partial charge < -0.3 is 15.2 Å². The Bertz CT molecular complexity index is 344. The van der Waals surface area contributed by atoms with Crippen molar-refractivity contribution in [2.24, 2.45) is 5.73 Å². The largest absolute Gasteiger partial charge is 0.391 e. The Labute approximate surface area is 115 Å². The predicted molar refractivity (Wildman–Crippen MR) is 75.7 cm³/mol. The van der Waals surface area contributed by atoms with Gasteiger partial charge in [-0.25, -0.2) is 0 Å². The second kappa shape index (κ2) is 4.71. The molecule has 2 heterocycles. The first kappa shape index (κ1) is 14.2. The number of hydrogen-bond acceptors (Lipinski definition) is 4. The van der Waals surface area contributed by atoms with Gasteiger partial charge in [-0.1, -0.05) is 12.2 Å². The smallest absolute Gasteiger partial charge is 0.120 e. The number of hydrogen-bond donors (Lipinski definition) is 1. The molecule has 0 aromatic carbocycles. The van der Waals surface area contributed by atoms with Crippen LogP contribution < -0.4 is 5.73 Å². The van der Waals surface area contributed by atoms with Crippen LogP contribution in [0.1, 0.15) is 34.1 Å². The van der Waals surface area contributed by atoms with Crippen LogP contribution in [0, 0.1) is 0 Å². The molecule has 0 aromatic rings. The van der Waals surface area contributed by atoms with Crippen LogP contribution in [0.25, 0.3) is 0 Å². The maximum absolute atomic E-state index is 6.15. The SMILES string of the molecule is CC1(C)CC(N2CCOC(C(N)=S)C2)C(C)(C)O1. The molecule has 2 saturated heterocycles. The normalized spacial score (nSPS) is 35.6. The molecule has 0 bridgehead atoms. The van der Waals surface area contributed by atoms with Crippen molar-refractivity contribution in [2.45, 2.75) is 57.5 Å². The topological polar surface area (TPSA) is 47.7 Å². The molecule has 2 atom stereocenters. The third-order valence-corrected chi connectivity index (χ3v) is 4.15. The van der Waals surface area contributed by atoms with Crippen molar-refractivity contribution in [3.8, 4) is 0 Å². The molecule has 0 aromatic heterocycles. The van der Waals surface area contributed by atoms with E-state index < -0.39 is 0 Å². The van der Waals surface area contributed by atoms with E-state index in [0.29, 0.717) is 17.6 Å². The zero-order valence-electron chi connectivity index (χ0n) is 11.7. The molecule has 104 valence electrons. The van der Waals surface area contributed by atoms with Gasteiger partial charge in [0.05, 0.1) is 17.8 Å². The molecule has 0 aliphatic carbocycles. The number of nitrogens with zero attached hydrogens (tertiary/aromatic N) is 1. The molecule has 0 amide bonds. The van der Waals surface area contributed by atoms with Crippen molar-refractivity contribution in [1.29, 1.82) is 0 Å². The second-order valence-corrected chi connectivity index (χ2v) is 6.91. The fourth-order valence-corrected chi connectivity index (χ4v) is 3.37. The van der Waals surface area contributed by atoms with E-state index in [2.05, 4.69) is 32.6 Å². The van der Waals surface area contributed by atoms with Gasteiger partial charge in [-0.15, -0.1) is 0 Å². The highest BCUT2D eigenvalue weighted by Crippen LogP contribution is 2.40. The maximum Gasteiger partial charge on any atom is 0.120 e. The van der Waals surface area contributed by atoms with Crippen LogP contribution in [0.3, 0.4) is 0 Å². The number of rotatable bonds is 2. The van der Waals surface area contributed by atoms with E-state index in [4.69, 9.17) is 27.4 Å². The molecule has 0 saturated carbocycles. The van der Waals surface area contributed by atoms with Crippen molar-refractivity contribution in [2.75, 3.05) is 19.7 Å². The summed E-state index contributed by atoms with van der Waals surface area (Å²) in [6, 6.07) is 0.397. The predicted octanol–water partition coefficient (Wildman–Crippen LogP) is 1.32. The van der Waals surface area contributed by atoms with Gasteiger partial charge in [-0.2, -0.15) is 0 Å². The Morgan fingerprint density at radius 3 is 2.50 bits per heavy atom. The minimum absolute atomic E-state index is 0.0643. The summed E-state index contributed by atoms with van der Waals surface area (Å²) in [5, 5.41) is 0. The Balaban J connectivity index is 2.09. The third-order valence-electron chi connectivity index (χ3n) is 3.88. The Hall–Kier alpha value is -0.230. The summed E-state index contributed by atoms with van der Waals surface area (Å²) in [6.45, 7) is 11.0. The van der Waals surface area contributed by atoms with Gasteiger partial charge in [0.2, 0.25) is 0 Å². The molecular formula is C13H24N2O2S. The van der Waals surface area contributed by atoms with Gasteiger partial charge in [-0.05, 0) is 34.1 Å². The first-order valence-corrected chi connectivity index (χ1v) is 6.97. The summed E-state index contributed by atoms with van der Waals surface area (Å²) in [5.41, 5.74) is 5.50. The van der Waals surface area contributed by atoms with Gasteiger partial charge in [-0.3, -0.25) is 4.90 Å². The maximum atomic E-state index is 6.15. The highest BCUT2D eigenvalue weighted by molar-refractivity contribution is 7.80. The van der Waals surface area contributed by atoms with Crippen LogP contribution in [0.2, 0.25) is 0 Å². The Kier molecular flexibility index (Phi) is 3.71. The van der Waals surface area contributed by atoms with Gasteiger partial charge in [0, 0.05) is 19.1 Å². The fraction of sp³-hybridized carbons (Fsp3) is 0.923. The molecule has 0 spiro atoms. The van der Waals surface area contributed by atoms with Crippen LogP contribution in [0.4, 0.5) is 0 Å². The van der Waals surface area contributed by atoms with Gasteiger partial charge in [0.25, 0.3) is 0 Å². The summed E-state index contributed by atoms with van der Waals surface area (Å²) < 4.78 is 11.8. The van der Waals surface area contributed by atoms with Crippen molar-refractivity contribution in [3.05, 3.63) is 0 Å². The van der Waals surface area contributed by atoms with E-state index in [1.165, 1.54) is 0 Å². The summed E-state index contributed by atoms with van der Waals surface area (Å²) in [7, 11) is 0. The van der Waals surface area contributed by atoms with Crippen LogP contribution >= 0.6 is 12.2 Å². The number of ether oxygens (including phenoxy) is 2. The monoisotopic (exact) mass is 272 g/mol. The molecule has 2 N–H and O–H groups in total. The minimum atomic E-state index is -0.137. The quantitative estimate of drug-likeness (QED) is 0.768. The number of morpholine rings is 1. The second-order valence-electron chi connectivity index (χ2n) is 6.44. The highest BCUT2D eigenvalue weighted by atomic mass is 32.1. The van der Waals surface area contributed by atoms with Crippen LogP contribution in [-0.2, 0) is 9.47 Å². The van der Waals surface area contributed by atoms with Gasteiger partial charge in [0.15, 0.2) is 0 Å². The first-order chi connectivity index (χ1) is 8.21. The summed E-state index contributed by atoms with van der Waals surface area (Å²) in [6.07, 6.45) is 0.914. The molecule has 2 rings (SSSR count). The summed E-state index contributed by atoms with van der Waals surface area (Å²) in [5.74, 6) is 0. The standard InChI is InChI=1S/C13H24N2O2S/c1-12(2)7-10(13(3,4)17-12)15-5-6-16-9(8-15)11(14)18/h9-10H,5-8H2,1-4H3,(H2,14,18). The van der Waals surface area contributed by atoms with E-state index >= 15 is 0 Å². The molecule has 2 unspecified atom stereocenters. The van der Waals surface area contributed by atoms with E-state index in [-0.39, 0.29) is 17.3 Å². The minimum Gasteiger partial charge on any atom is -0.391 e. The van der Waals surface area contributed by atoms with Crippen LogP contribution in [0.15, 0.2) is 0 Å². The zero-order valence-corrected chi connectivity index (χ0v) is 12.5. The van der Waals surface area contributed by atoms with Crippen molar-refractivity contribution in [3.63, 3.8) is 0 Å². The molecule has 4 nitrogen and oxygen atoms in total. The Morgan fingerprint density at radius 2 is 2.00 bits per heavy atom. The first-order valence-electron chi connectivity index (χ1n) is 6.56. The highest BCUT2D eigenvalue weighted by Gasteiger charge is 2.49. The van der Waals surface area contributed by atoms with Crippen molar-refractivity contribution < 1.29 is 9.47 Å². The summed E-state index contributed by atoms with van der Waals surface area (Å²) >= 11 is 5.04. The van der Waals surface area contributed by atoms with Gasteiger partial charge in [0.1, 0.15) is 11.1 Å². The summed E-state index contributed by atoms with van der Waals surface area (Å²) in [4.78, 5) is 2.87. The molecule has 2 fully saturated rings. The van der Waals surface area contributed by atoms with E-state index in [0.717, 1.165) is 19.5 Å². The molecule has 5 heteroatoms. The Morgan fingerprint density at radius 1 is 1.33 bits per heavy atom. The molecular weight excluding hydrogens is 248 g/mol. The third kappa shape index (κ3) is 2.85. The van der Waals surface area contributed by atoms with E-state index in [1.54, 1.807) is 0 Å². The molecule has 2 aliphatic heterocycles. The molecule has 18 heavy (non-hydrogen) atoms.